The molecule has 0 aliphatic rings. The first-order valence-electron chi connectivity index (χ1n) is 8.44. The zero-order valence-corrected chi connectivity index (χ0v) is 16.3. The fraction of sp³-hybridized carbons (Fsp3) is 0.0952. The van der Waals surface area contributed by atoms with Crippen molar-refractivity contribution in [3.63, 3.8) is 0 Å². The van der Waals surface area contributed by atoms with Gasteiger partial charge in [-0.2, -0.15) is 0 Å². The Morgan fingerprint density at radius 1 is 1.00 bits per heavy atom. The predicted octanol–water partition coefficient (Wildman–Crippen LogP) is 4.30. The van der Waals surface area contributed by atoms with Crippen LogP contribution in [0.25, 0.3) is 6.08 Å². The third kappa shape index (κ3) is 5.34. The zero-order valence-electron chi connectivity index (χ0n) is 15.5. The van der Waals surface area contributed by atoms with Gasteiger partial charge in [0.25, 0.3) is 0 Å². The first-order valence-corrected chi connectivity index (χ1v) is 9.25. The molecule has 0 saturated carbocycles. The molecule has 0 aliphatic carbocycles. The van der Waals surface area contributed by atoms with E-state index < -0.39 is 0 Å². The molecule has 0 saturated heterocycles. The molecule has 1 amide bonds. The fourth-order valence-corrected chi connectivity index (χ4v) is 3.14. The number of carbonyl (C=O) groups is 1. The minimum atomic E-state index is -0.252. The first kappa shape index (κ1) is 19.4. The van der Waals surface area contributed by atoms with E-state index in [0.29, 0.717) is 17.2 Å². The highest BCUT2D eigenvalue weighted by molar-refractivity contribution is 7.99. The summed E-state index contributed by atoms with van der Waals surface area (Å²) in [5.41, 5.74) is 1.43. The number of hydrogen-bond donors (Lipinski definition) is 1. The van der Waals surface area contributed by atoms with Crippen LogP contribution < -0.4 is 14.8 Å². The smallest absolute Gasteiger partial charge is 0.248 e. The number of hydrogen-bond acceptors (Lipinski definition) is 6. The van der Waals surface area contributed by atoms with E-state index in [0.717, 1.165) is 15.6 Å². The number of ether oxygens (including phenoxy) is 2. The van der Waals surface area contributed by atoms with Crippen LogP contribution in [-0.2, 0) is 4.79 Å². The number of amides is 1. The van der Waals surface area contributed by atoms with Crippen molar-refractivity contribution in [2.75, 3.05) is 19.5 Å². The van der Waals surface area contributed by atoms with Crippen LogP contribution >= 0.6 is 11.8 Å². The van der Waals surface area contributed by atoms with Gasteiger partial charge in [0.2, 0.25) is 5.91 Å². The number of benzene rings is 1. The van der Waals surface area contributed by atoms with Crippen molar-refractivity contribution in [2.24, 2.45) is 0 Å². The molecule has 7 heteroatoms. The van der Waals surface area contributed by atoms with E-state index in [4.69, 9.17) is 9.47 Å². The molecule has 2 heterocycles. The van der Waals surface area contributed by atoms with Gasteiger partial charge in [-0.3, -0.25) is 4.79 Å². The Morgan fingerprint density at radius 3 is 2.61 bits per heavy atom. The lowest BCUT2D eigenvalue weighted by Crippen LogP contribution is -2.07. The van der Waals surface area contributed by atoms with Crippen LogP contribution in [-0.4, -0.2) is 30.1 Å². The molecule has 3 aromatic rings. The van der Waals surface area contributed by atoms with Crippen LogP contribution in [0.2, 0.25) is 0 Å². The Kier molecular flexibility index (Phi) is 6.64. The molecule has 0 spiro atoms. The molecule has 2 aromatic heterocycles. The van der Waals surface area contributed by atoms with Crippen LogP contribution in [0.1, 0.15) is 5.56 Å². The number of pyridine rings is 2. The predicted molar refractivity (Wildman–Crippen MR) is 110 cm³/mol. The molecule has 0 radical (unpaired) electrons. The summed E-state index contributed by atoms with van der Waals surface area (Å²) in [7, 11) is 3.16. The number of anilines is 1. The molecule has 142 valence electrons. The summed E-state index contributed by atoms with van der Waals surface area (Å²) in [6.45, 7) is 0. The summed E-state index contributed by atoms with van der Waals surface area (Å²) in [5.74, 6) is 1.06. The number of rotatable bonds is 7. The van der Waals surface area contributed by atoms with E-state index in [1.165, 1.54) is 17.8 Å². The van der Waals surface area contributed by atoms with Gasteiger partial charge in [-0.1, -0.05) is 17.8 Å². The molecule has 1 aromatic carbocycles. The molecule has 0 atom stereocenters. The summed E-state index contributed by atoms with van der Waals surface area (Å²) in [5, 5.41) is 4.42. The minimum Gasteiger partial charge on any atom is -0.497 e. The molecule has 1 N–H and O–H groups in total. The monoisotopic (exact) mass is 393 g/mol. The average molecular weight is 393 g/mol. The van der Waals surface area contributed by atoms with Crippen LogP contribution in [0.3, 0.4) is 0 Å². The molecule has 0 bridgehead atoms. The highest BCUT2D eigenvalue weighted by atomic mass is 32.2. The quantitative estimate of drug-likeness (QED) is 0.604. The van der Waals surface area contributed by atoms with Gasteiger partial charge in [0.15, 0.2) is 0 Å². The third-order valence-corrected chi connectivity index (χ3v) is 4.59. The SMILES string of the molecule is COc1ccc(/C=C/C(=O)Nc2ccnc(Sc3ccccn3)c2)c(OC)c1. The lowest BCUT2D eigenvalue weighted by molar-refractivity contribution is -0.111. The zero-order chi connectivity index (χ0) is 19.8. The highest BCUT2D eigenvalue weighted by Gasteiger charge is 2.05. The lowest BCUT2D eigenvalue weighted by Gasteiger charge is -2.07. The van der Waals surface area contributed by atoms with Crippen molar-refractivity contribution in [1.29, 1.82) is 0 Å². The summed E-state index contributed by atoms with van der Waals surface area (Å²) < 4.78 is 10.5. The molecule has 0 aliphatic heterocycles. The maximum atomic E-state index is 12.3. The summed E-state index contributed by atoms with van der Waals surface area (Å²) in [4.78, 5) is 20.8. The van der Waals surface area contributed by atoms with Gasteiger partial charge in [-0.05, 0) is 42.5 Å². The van der Waals surface area contributed by atoms with E-state index in [-0.39, 0.29) is 5.91 Å². The van der Waals surface area contributed by atoms with Crippen LogP contribution in [0.5, 0.6) is 11.5 Å². The van der Waals surface area contributed by atoms with Gasteiger partial charge in [0, 0.05) is 35.8 Å². The largest absolute Gasteiger partial charge is 0.497 e. The van der Waals surface area contributed by atoms with E-state index in [2.05, 4.69) is 15.3 Å². The standard InChI is InChI=1S/C21H19N3O3S/c1-26-17-8-6-15(18(14-17)27-2)7-9-19(25)24-16-10-12-23-21(13-16)28-20-5-3-4-11-22-20/h3-14H,1-2H3,(H,23,24,25)/b9-7+. The Labute approximate surface area is 167 Å². The van der Waals surface area contributed by atoms with Gasteiger partial charge in [-0.25, -0.2) is 9.97 Å². The molecule has 6 nitrogen and oxygen atoms in total. The van der Waals surface area contributed by atoms with Crippen molar-refractivity contribution in [1.82, 2.24) is 9.97 Å². The molecule has 0 fully saturated rings. The molecular formula is C21H19N3O3S. The Balaban J connectivity index is 1.66. The maximum absolute atomic E-state index is 12.3. The van der Waals surface area contributed by atoms with Gasteiger partial charge in [0.05, 0.1) is 14.2 Å². The van der Waals surface area contributed by atoms with Crippen molar-refractivity contribution in [3.05, 3.63) is 72.6 Å². The lowest BCUT2D eigenvalue weighted by atomic mass is 10.1. The summed E-state index contributed by atoms with van der Waals surface area (Å²) >= 11 is 1.43. The molecule has 0 unspecified atom stereocenters. The Bertz CT molecular complexity index is 978. The van der Waals surface area contributed by atoms with Crippen molar-refractivity contribution < 1.29 is 14.3 Å². The van der Waals surface area contributed by atoms with Crippen molar-refractivity contribution in [3.8, 4) is 11.5 Å². The van der Waals surface area contributed by atoms with E-state index in [9.17, 15) is 4.79 Å². The number of nitrogens with zero attached hydrogens (tertiary/aromatic N) is 2. The topological polar surface area (TPSA) is 73.3 Å². The van der Waals surface area contributed by atoms with Crippen LogP contribution in [0.4, 0.5) is 5.69 Å². The van der Waals surface area contributed by atoms with Crippen LogP contribution in [0, 0.1) is 0 Å². The van der Waals surface area contributed by atoms with E-state index >= 15 is 0 Å². The second kappa shape index (κ2) is 9.57. The van der Waals surface area contributed by atoms with Crippen LogP contribution in [0.15, 0.2) is 77.1 Å². The van der Waals surface area contributed by atoms with E-state index in [1.54, 1.807) is 50.9 Å². The number of carbonyl (C=O) groups excluding carboxylic acids is 1. The minimum absolute atomic E-state index is 0.252. The van der Waals surface area contributed by atoms with Crippen molar-refractivity contribution >= 4 is 29.4 Å². The van der Waals surface area contributed by atoms with Gasteiger partial charge in [0.1, 0.15) is 21.6 Å². The number of methoxy groups -OCH3 is 2. The van der Waals surface area contributed by atoms with Gasteiger partial charge >= 0.3 is 0 Å². The third-order valence-electron chi connectivity index (χ3n) is 3.70. The molecule has 28 heavy (non-hydrogen) atoms. The second-order valence-electron chi connectivity index (χ2n) is 5.58. The first-order chi connectivity index (χ1) is 13.7. The van der Waals surface area contributed by atoms with E-state index in [1.807, 2.05) is 30.3 Å². The Hall–Kier alpha value is -3.32. The van der Waals surface area contributed by atoms with Gasteiger partial charge in [-0.15, -0.1) is 0 Å². The second-order valence-corrected chi connectivity index (χ2v) is 6.62. The highest BCUT2D eigenvalue weighted by Crippen LogP contribution is 2.26. The maximum Gasteiger partial charge on any atom is 0.248 e. The fourth-order valence-electron chi connectivity index (χ4n) is 2.36. The summed E-state index contributed by atoms with van der Waals surface area (Å²) in [6.07, 6.45) is 6.53. The Morgan fingerprint density at radius 2 is 1.86 bits per heavy atom. The van der Waals surface area contributed by atoms with Gasteiger partial charge < -0.3 is 14.8 Å². The number of aromatic nitrogens is 2. The molecular weight excluding hydrogens is 374 g/mol. The average Bonchev–Trinajstić information content (AvgIpc) is 2.73. The number of nitrogens with one attached hydrogen (secondary N) is 1. The molecule has 3 rings (SSSR count). The van der Waals surface area contributed by atoms with Crippen molar-refractivity contribution in [2.45, 2.75) is 10.1 Å². The normalized spacial score (nSPS) is 10.6. The summed E-state index contributed by atoms with van der Waals surface area (Å²) in [6, 6.07) is 14.6.